The van der Waals surface area contributed by atoms with Crippen molar-refractivity contribution in [1.82, 2.24) is 24.7 Å². The van der Waals surface area contributed by atoms with Crippen LogP contribution in [0.2, 0.25) is 0 Å². The van der Waals surface area contributed by atoms with E-state index >= 15 is 0 Å². The summed E-state index contributed by atoms with van der Waals surface area (Å²) in [6.45, 7) is 8.89. The highest BCUT2D eigenvalue weighted by Gasteiger charge is 2.31. The summed E-state index contributed by atoms with van der Waals surface area (Å²) in [4.78, 5) is 32.4. The van der Waals surface area contributed by atoms with E-state index in [-0.39, 0.29) is 17.8 Å². The van der Waals surface area contributed by atoms with Gasteiger partial charge in [-0.25, -0.2) is 14.2 Å². The molecule has 2 aliphatic heterocycles. The summed E-state index contributed by atoms with van der Waals surface area (Å²) >= 11 is 0. The zero-order valence-corrected chi connectivity index (χ0v) is 20.1. The van der Waals surface area contributed by atoms with Crippen LogP contribution in [0.5, 0.6) is 0 Å². The van der Waals surface area contributed by atoms with Crippen LogP contribution in [0.1, 0.15) is 68.0 Å². The molecule has 0 saturated carbocycles. The number of aryl methyl sites for hydroxylation is 1. The highest BCUT2D eigenvalue weighted by molar-refractivity contribution is 5.73. The third kappa shape index (κ3) is 5.24. The highest BCUT2D eigenvalue weighted by atomic mass is 19.1. The van der Waals surface area contributed by atoms with Crippen LogP contribution < -0.4 is 5.32 Å². The van der Waals surface area contributed by atoms with Crippen molar-refractivity contribution in [1.29, 1.82) is 0 Å². The summed E-state index contributed by atoms with van der Waals surface area (Å²) in [5.41, 5.74) is 2.92. The summed E-state index contributed by atoms with van der Waals surface area (Å²) in [7, 11) is 0. The molecule has 2 N–H and O–H groups in total. The van der Waals surface area contributed by atoms with Crippen LogP contribution in [-0.2, 0) is 17.8 Å². The second-order valence-corrected chi connectivity index (χ2v) is 9.52. The number of carboxylic acid groups (broad SMARTS) is 1. The molecule has 8 nitrogen and oxygen atoms in total. The smallest absolute Gasteiger partial charge is 0.405 e. The number of hydrogen-bond donors (Lipinski definition) is 2. The molecule has 1 unspecified atom stereocenters. The van der Waals surface area contributed by atoms with Crippen LogP contribution in [0.25, 0.3) is 0 Å². The van der Waals surface area contributed by atoms with Gasteiger partial charge in [-0.1, -0.05) is 12.1 Å². The summed E-state index contributed by atoms with van der Waals surface area (Å²) < 4.78 is 16.1. The number of rotatable bonds is 6. The highest BCUT2D eigenvalue weighted by Crippen LogP contribution is 2.32. The Labute approximate surface area is 199 Å². The Morgan fingerprint density at radius 2 is 2.00 bits per heavy atom. The van der Waals surface area contributed by atoms with Gasteiger partial charge in [0.25, 0.3) is 0 Å². The zero-order valence-electron chi connectivity index (χ0n) is 20.1. The van der Waals surface area contributed by atoms with Crippen LogP contribution in [0, 0.1) is 12.7 Å². The molecule has 4 rings (SSSR count). The van der Waals surface area contributed by atoms with Crippen molar-refractivity contribution < 1.29 is 19.1 Å². The Morgan fingerprint density at radius 1 is 1.26 bits per heavy atom. The van der Waals surface area contributed by atoms with Crippen molar-refractivity contribution in [2.45, 2.75) is 71.1 Å². The van der Waals surface area contributed by atoms with E-state index < -0.39 is 12.1 Å². The molecular weight excluding hydrogens is 437 g/mol. The number of carbonyl (C=O) groups is 2. The maximum atomic E-state index is 13.7. The molecule has 0 spiro atoms. The second-order valence-electron chi connectivity index (χ2n) is 9.52. The molecule has 34 heavy (non-hydrogen) atoms. The van der Waals surface area contributed by atoms with E-state index in [1.165, 1.54) is 17.8 Å². The molecule has 3 heterocycles. The van der Waals surface area contributed by atoms with Crippen LogP contribution in [0.15, 0.2) is 24.3 Å². The molecule has 2 amide bonds. The number of halogens is 1. The second kappa shape index (κ2) is 10.1. The molecule has 9 heteroatoms. The average molecular weight is 472 g/mol. The van der Waals surface area contributed by atoms with Gasteiger partial charge in [0.1, 0.15) is 11.6 Å². The number of nitrogens with zero attached hydrogens (tertiary/aromatic N) is 4. The van der Waals surface area contributed by atoms with E-state index in [0.717, 1.165) is 50.4 Å². The van der Waals surface area contributed by atoms with Gasteiger partial charge in [0.05, 0.1) is 24.0 Å². The topological polar surface area (TPSA) is 90.7 Å². The Bertz CT molecular complexity index is 1050. The molecule has 2 aromatic rings. The van der Waals surface area contributed by atoms with E-state index in [1.54, 1.807) is 19.1 Å². The Morgan fingerprint density at radius 3 is 2.65 bits per heavy atom. The number of carbonyl (C=O) groups excluding carboxylic acids is 1. The molecular formula is C25H34FN5O3. The number of aromatic nitrogens is 2. The first kappa shape index (κ1) is 24.2. The van der Waals surface area contributed by atoms with Gasteiger partial charge in [-0.05, 0) is 50.8 Å². The third-order valence-corrected chi connectivity index (χ3v) is 7.29. The van der Waals surface area contributed by atoms with E-state index in [0.29, 0.717) is 24.6 Å². The first-order chi connectivity index (χ1) is 16.2. The number of amides is 2. The zero-order chi connectivity index (χ0) is 24.4. The van der Waals surface area contributed by atoms with Gasteiger partial charge in [-0.15, -0.1) is 0 Å². The van der Waals surface area contributed by atoms with Crippen molar-refractivity contribution in [2.24, 2.45) is 0 Å². The Kier molecular flexibility index (Phi) is 7.21. The van der Waals surface area contributed by atoms with E-state index in [9.17, 15) is 19.1 Å². The fraction of sp³-hybridized carbons (Fsp3) is 0.560. The fourth-order valence-electron chi connectivity index (χ4n) is 5.50. The summed E-state index contributed by atoms with van der Waals surface area (Å²) in [5.74, 6) is 0.742. The SMILES string of the molecule is CC(=O)N1CCc2nc(C)n(C3CCN(C(C)C[C@H](NC(=O)O)c4cccc(F)c4)CC3)c2C1. The first-order valence-corrected chi connectivity index (χ1v) is 12.0. The summed E-state index contributed by atoms with van der Waals surface area (Å²) in [6, 6.07) is 6.13. The van der Waals surface area contributed by atoms with Crippen molar-refractivity contribution in [3.63, 3.8) is 0 Å². The van der Waals surface area contributed by atoms with E-state index in [1.807, 2.05) is 11.8 Å². The van der Waals surface area contributed by atoms with Crippen molar-refractivity contribution in [2.75, 3.05) is 19.6 Å². The number of fused-ring (bicyclic) bond motifs is 1. The van der Waals surface area contributed by atoms with E-state index in [4.69, 9.17) is 4.98 Å². The van der Waals surface area contributed by atoms with Gasteiger partial charge in [0, 0.05) is 45.1 Å². The van der Waals surface area contributed by atoms with Gasteiger partial charge >= 0.3 is 6.09 Å². The van der Waals surface area contributed by atoms with Crippen molar-refractivity contribution >= 4 is 12.0 Å². The van der Waals surface area contributed by atoms with Gasteiger partial charge in [0.15, 0.2) is 0 Å². The molecule has 1 fully saturated rings. The standard InChI is InChI=1S/C25H34FN5O3/c1-16(13-23(28-25(33)34)19-5-4-6-20(26)14-19)29-10-7-21(8-11-29)31-17(2)27-22-9-12-30(18(3)32)15-24(22)31/h4-6,14,16,21,23,28H,7-13,15H2,1-3H3,(H,33,34)/t16?,23-/m0/s1. The molecule has 0 bridgehead atoms. The molecule has 184 valence electrons. The predicted molar refractivity (Wildman–Crippen MR) is 126 cm³/mol. The number of likely N-dealkylation sites (tertiary alicyclic amines) is 1. The third-order valence-electron chi connectivity index (χ3n) is 7.29. The number of piperidine rings is 1. The number of benzene rings is 1. The maximum Gasteiger partial charge on any atom is 0.405 e. The van der Waals surface area contributed by atoms with Gasteiger partial charge < -0.3 is 24.8 Å². The van der Waals surface area contributed by atoms with Gasteiger partial charge in [-0.2, -0.15) is 0 Å². The molecule has 2 aliphatic rings. The number of nitrogens with one attached hydrogen (secondary N) is 1. The monoisotopic (exact) mass is 471 g/mol. The molecule has 1 aromatic heterocycles. The minimum absolute atomic E-state index is 0.0996. The number of imidazole rings is 1. The average Bonchev–Trinajstić information content (AvgIpc) is 3.13. The molecule has 1 aromatic carbocycles. The lowest BCUT2D eigenvalue weighted by molar-refractivity contribution is -0.129. The van der Waals surface area contributed by atoms with Crippen molar-refractivity contribution in [3.05, 3.63) is 52.9 Å². The lowest BCUT2D eigenvalue weighted by Gasteiger charge is -2.39. The van der Waals surface area contributed by atoms with E-state index in [2.05, 4.69) is 21.7 Å². The minimum Gasteiger partial charge on any atom is -0.465 e. The minimum atomic E-state index is -1.11. The van der Waals surface area contributed by atoms with Crippen LogP contribution in [-0.4, -0.2) is 62.1 Å². The lowest BCUT2D eigenvalue weighted by atomic mass is 9.96. The van der Waals surface area contributed by atoms with Crippen LogP contribution >= 0.6 is 0 Å². The van der Waals surface area contributed by atoms with Gasteiger partial charge in [0.2, 0.25) is 5.91 Å². The van der Waals surface area contributed by atoms with Crippen LogP contribution in [0.4, 0.5) is 9.18 Å². The summed E-state index contributed by atoms with van der Waals surface area (Å²) in [6.07, 6.45) is 2.18. The predicted octanol–water partition coefficient (Wildman–Crippen LogP) is 3.66. The summed E-state index contributed by atoms with van der Waals surface area (Å²) in [5, 5.41) is 11.9. The normalized spacial score (nSPS) is 18.9. The lowest BCUT2D eigenvalue weighted by Crippen LogP contribution is -2.43. The van der Waals surface area contributed by atoms with Crippen molar-refractivity contribution in [3.8, 4) is 0 Å². The fourth-order valence-corrected chi connectivity index (χ4v) is 5.50. The first-order valence-electron chi connectivity index (χ1n) is 12.0. The molecule has 1 saturated heterocycles. The Hall–Kier alpha value is -2.94. The van der Waals surface area contributed by atoms with Gasteiger partial charge in [-0.3, -0.25) is 4.79 Å². The Balaban J connectivity index is 1.41. The molecule has 0 radical (unpaired) electrons. The molecule has 2 atom stereocenters. The number of hydrogen-bond acceptors (Lipinski definition) is 4. The van der Waals surface area contributed by atoms with Crippen LogP contribution in [0.3, 0.4) is 0 Å². The largest absolute Gasteiger partial charge is 0.465 e. The quantitative estimate of drug-likeness (QED) is 0.671. The molecule has 0 aliphatic carbocycles. The maximum absolute atomic E-state index is 13.7.